The monoisotopic (exact) mass is 290 g/mol. The molecule has 1 aliphatic carbocycles. The number of benzene rings is 1. The van der Waals surface area contributed by atoms with Crippen molar-refractivity contribution < 1.29 is 9.53 Å². The lowest BCUT2D eigenvalue weighted by Crippen LogP contribution is -2.43. The van der Waals surface area contributed by atoms with Crippen LogP contribution in [0.4, 0.5) is 0 Å². The fourth-order valence-corrected chi connectivity index (χ4v) is 2.83. The summed E-state index contributed by atoms with van der Waals surface area (Å²) < 4.78 is 5.73. The highest BCUT2D eigenvalue weighted by atomic mass is 16.5. The van der Waals surface area contributed by atoms with Crippen molar-refractivity contribution in [1.82, 2.24) is 4.90 Å². The number of nitrogens with zero attached hydrogens (tertiary/aromatic N) is 1. The standard InChI is InChI=1S/C17H26N2O2/c1-14-7-3-4-8-15(14)21-12-11-19(2)16(20)13-17(18)9-5-6-10-17/h3-4,7-8H,5-6,9-13,18H2,1-2H3. The largest absolute Gasteiger partial charge is 0.491 e. The molecule has 0 bridgehead atoms. The highest BCUT2D eigenvalue weighted by Gasteiger charge is 2.32. The zero-order valence-corrected chi connectivity index (χ0v) is 13.1. The van der Waals surface area contributed by atoms with E-state index in [0.29, 0.717) is 19.6 Å². The molecule has 0 heterocycles. The van der Waals surface area contributed by atoms with E-state index in [9.17, 15) is 4.79 Å². The molecule has 0 radical (unpaired) electrons. The van der Waals surface area contributed by atoms with E-state index < -0.39 is 0 Å². The van der Waals surface area contributed by atoms with E-state index in [1.807, 2.05) is 38.2 Å². The van der Waals surface area contributed by atoms with Gasteiger partial charge in [-0.1, -0.05) is 31.0 Å². The summed E-state index contributed by atoms with van der Waals surface area (Å²) in [6.45, 7) is 3.11. The summed E-state index contributed by atoms with van der Waals surface area (Å²) in [7, 11) is 1.82. The van der Waals surface area contributed by atoms with Crippen LogP contribution in [0.1, 0.15) is 37.7 Å². The van der Waals surface area contributed by atoms with Crippen LogP contribution in [0.2, 0.25) is 0 Å². The Kier molecular flexibility index (Phi) is 5.23. The zero-order chi connectivity index (χ0) is 15.3. The first-order valence-electron chi connectivity index (χ1n) is 7.71. The van der Waals surface area contributed by atoms with E-state index in [-0.39, 0.29) is 11.4 Å². The lowest BCUT2D eigenvalue weighted by molar-refractivity contribution is -0.131. The highest BCUT2D eigenvalue weighted by molar-refractivity contribution is 5.77. The topological polar surface area (TPSA) is 55.6 Å². The molecule has 21 heavy (non-hydrogen) atoms. The Labute approximate surface area is 127 Å². The molecule has 0 aromatic heterocycles. The lowest BCUT2D eigenvalue weighted by Gasteiger charge is -2.26. The second-order valence-corrected chi connectivity index (χ2v) is 6.18. The minimum atomic E-state index is -0.276. The first kappa shape index (κ1) is 15.8. The molecule has 4 heteroatoms. The number of nitrogens with two attached hydrogens (primary N) is 1. The second-order valence-electron chi connectivity index (χ2n) is 6.18. The third-order valence-electron chi connectivity index (χ3n) is 4.31. The van der Waals surface area contributed by atoms with Crippen molar-refractivity contribution in [3.05, 3.63) is 29.8 Å². The molecular formula is C17H26N2O2. The van der Waals surface area contributed by atoms with Crippen molar-refractivity contribution in [2.75, 3.05) is 20.2 Å². The number of ether oxygens (including phenoxy) is 1. The third kappa shape index (κ3) is 4.46. The number of para-hydroxylation sites is 1. The molecular weight excluding hydrogens is 264 g/mol. The highest BCUT2D eigenvalue weighted by Crippen LogP contribution is 2.30. The molecule has 116 valence electrons. The minimum absolute atomic E-state index is 0.118. The normalized spacial score (nSPS) is 16.7. The maximum Gasteiger partial charge on any atom is 0.224 e. The van der Waals surface area contributed by atoms with E-state index in [4.69, 9.17) is 10.5 Å². The second kappa shape index (κ2) is 6.94. The Bertz CT molecular complexity index is 481. The van der Waals surface area contributed by atoms with Gasteiger partial charge in [-0.15, -0.1) is 0 Å². The van der Waals surface area contributed by atoms with E-state index in [0.717, 1.165) is 37.0 Å². The maximum absolute atomic E-state index is 12.2. The average Bonchev–Trinajstić information content (AvgIpc) is 2.87. The van der Waals surface area contributed by atoms with Gasteiger partial charge >= 0.3 is 0 Å². The molecule has 2 rings (SSSR count). The van der Waals surface area contributed by atoms with Crippen LogP contribution in [-0.2, 0) is 4.79 Å². The number of aryl methyl sites for hydroxylation is 1. The summed E-state index contributed by atoms with van der Waals surface area (Å²) in [4.78, 5) is 13.9. The van der Waals surface area contributed by atoms with E-state index in [1.54, 1.807) is 4.90 Å². The molecule has 0 spiro atoms. The number of hydrogen-bond acceptors (Lipinski definition) is 3. The lowest BCUT2D eigenvalue weighted by atomic mass is 9.94. The van der Waals surface area contributed by atoms with Gasteiger partial charge in [0.2, 0.25) is 5.91 Å². The summed E-state index contributed by atoms with van der Waals surface area (Å²) in [6, 6.07) is 7.91. The van der Waals surface area contributed by atoms with Crippen LogP contribution in [-0.4, -0.2) is 36.5 Å². The van der Waals surface area contributed by atoms with Crippen LogP contribution < -0.4 is 10.5 Å². The number of likely N-dealkylation sites (N-methyl/N-ethyl adjacent to an activating group) is 1. The van der Waals surface area contributed by atoms with Crippen LogP contribution in [0.25, 0.3) is 0 Å². The van der Waals surface area contributed by atoms with Gasteiger partial charge in [0, 0.05) is 19.0 Å². The Morgan fingerprint density at radius 1 is 1.33 bits per heavy atom. The Hall–Kier alpha value is -1.55. The molecule has 0 unspecified atom stereocenters. The number of amides is 1. The third-order valence-corrected chi connectivity index (χ3v) is 4.31. The van der Waals surface area contributed by atoms with Gasteiger partial charge in [0.05, 0.1) is 6.54 Å². The molecule has 1 aromatic rings. The van der Waals surface area contributed by atoms with Gasteiger partial charge in [-0.2, -0.15) is 0 Å². The quantitative estimate of drug-likeness (QED) is 0.875. The van der Waals surface area contributed by atoms with Crippen molar-refractivity contribution in [3.8, 4) is 5.75 Å². The molecule has 1 aromatic carbocycles. The molecule has 1 amide bonds. The SMILES string of the molecule is Cc1ccccc1OCCN(C)C(=O)CC1(N)CCCC1. The van der Waals surface area contributed by atoms with Crippen LogP contribution in [0.3, 0.4) is 0 Å². The number of hydrogen-bond donors (Lipinski definition) is 1. The molecule has 0 atom stereocenters. The smallest absolute Gasteiger partial charge is 0.224 e. The van der Waals surface area contributed by atoms with Crippen LogP contribution in [0.15, 0.2) is 24.3 Å². The van der Waals surface area contributed by atoms with Crippen molar-refractivity contribution in [1.29, 1.82) is 0 Å². The Morgan fingerprint density at radius 3 is 2.67 bits per heavy atom. The minimum Gasteiger partial charge on any atom is -0.491 e. The number of carbonyl (C=O) groups excluding carboxylic acids is 1. The molecule has 4 nitrogen and oxygen atoms in total. The van der Waals surface area contributed by atoms with Gasteiger partial charge in [0.1, 0.15) is 12.4 Å². The van der Waals surface area contributed by atoms with Gasteiger partial charge in [-0.25, -0.2) is 0 Å². The summed E-state index contributed by atoms with van der Waals surface area (Å²) in [6.07, 6.45) is 4.67. The van der Waals surface area contributed by atoms with E-state index >= 15 is 0 Å². The summed E-state index contributed by atoms with van der Waals surface area (Å²) in [5.74, 6) is 0.997. The fourth-order valence-electron chi connectivity index (χ4n) is 2.83. The molecule has 0 aliphatic heterocycles. The molecule has 2 N–H and O–H groups in total. The van der Waals surface area contributed by atoms with Gasteiger partial charge in [-0.05, 0) is 31.4 Å². The Morgan fingerprint density at radius 2 is 2.00 bits per heavy atom. The maximum atomic E-state index is 12.2. The Balaban J connectivity index is 1.75. The molecule has 0 saturated heterocycles. The molecule has 1 aliphatic rings. The van der Waals surface area contributed by atoms with E-state index in [1.165, 1.54) is 0 Å². The molecule has 1 saturated carbocycles. The van der Waals surface area contributed by atoms with Gasteiger partial charge in [0.25, 0.3) is 0 Å². The summed E-state index contributed by atoms with van der Waals surface area (Å²) in [5, 5.41) is 0. The predicted molar refractivity (Wildman–Crippen MR) is 84.3 cm³/mol. The van der Waals surface area contributed by atoms with Gasteiger partial charge in [0.15, 0.2) is 0 Å². The van der Waals surface area contributed by atoms with Crippen molar-refractivity contribution in [3.63, 3.8) is 0 Å². The summed E-state index contributed by atoms with van der Waals surface area (Å²) >= 11 is 0. The van der Waals surface area contributed by atoms with Crippen LogP contribution in [0, 0.1) is 6.92 Å². The van der Waals surface area contributed by atoms with Gasteiger partial charge in [-0.3, -0.25) is 4.79 Å². The van der Waals surface area contributed by atoms with Crippen molar-refractivity contribution in [2.45, 2.75) is 44.6 Å². The average molecular weight is 290 g/mol. The number of rotatable bonds is 6. The first-order valence-corrected chi connectivity index (χ1v) is 7.71. The van der Waals surface area contributed by atoms with Crippen molar-refractivity contribution in [2.24, 2.45) is 5.73 Å². The van der Waals surface area contributed by atoms with Crippen LogP contribution in [0.5, 0.6) is 5.75 Å². The molecule has 1 fully saturated rings. The first-order chi connectivity index (χ1) is 10.0. The number of carbonyl (C=O) groups is 1. The van der Waals surface area contributed by atoms with E-state index in [2.05, 4.69) is 0 Å². The van der Waals surface area contributed by atoms with Gasteiger partial charge < -0.3 is 15.4 Å². The van der Waals surface area contributed by atoms with Crippen LogP contribution >= 0.6 is 0 Å². The fraction of sp³-hybridized carbons (Fsp3) is 0.588. The summed E-state index contributed by atoms with van der Waals surface area (Å²) in [5.41, 5.74) is 7.09. The predicted octanol–water partition coefficient (Wildman–Crippen LogP) is 2.49. The van der Waals surface area contributed by atoms with Crippen molar-refractivity contribution >= 4 is 5.91 Å². The zero-order valence-electron chi connectivity index (χ0n) is 13.1.